The first-order chi connectivity index (χ1) is 10.0. The fourth-order valence-electron chi connectivity index (χ4n) is 2.56. The molecule has 6 heteroatoms. The summed E-state index contributed by atoms with van der Waals surface area (Å²) in [5, 5.41) is 0. The van der Waals surface area contributed by atoms with Crippen LogP contribution in [0.3, 0.4) is 0 Å². The summed E-state index contributed by atoms with van der Waals surface area (Å²) in [6.07, 6.45) is 1.94. The van der Waals surface area contributed by atoms with E-state index in [0.717, 1.165) is 31.6 Å². The summed E-state index contributed by atoms with van der Waals surface area (Å²) >= 11 is 0. The minimum absolute atomic E-state index is 0.134. The highest BCUT2D eigenvalue weighted by Gasteiger charge is 2.21. The van der Waals surface area contributed by atoms with Gasteiger partial charge in [0.25, 0.3) is 0 Å². The van der Waals surface area contributed by atoms with Gasteiger partial charge in [0, 0.05) is 32.3 Å². The van der Waals surface area contributed by atoms with Crippen LogP contribution in [0.25, 0.3) is 0 Å². The van der Waals surface area contributed by atoms with Crippen molar-refractivity contribution in [3.05, 3.63) is 29.8 Å². The van der Waals surface area contributed by atoms with Crippen LogP contribution < -0.4 is 5.73 Å². The highest BCUT2D eigenvalue weighted by molar-refractivity contribution is 7.91. The first-order valence-electron chi connectivity index (χ1n) is 7.32. The van der Waals surface area contributed by atoms with Crippen LogP contribution in [-0.4, -0.2) is 51.9 Å². The summed E-state index contributed by atoms with van der Waals surface area (Å²) in [5.41, 5.74) is 6.41. The average molecular weight is 312 g/mol. The summed E-state index contributed by atoms with van der Waals surface area (Å²) in [6.45, 7) is 2.42. The molecular formula is C15H24N2O3S. The molecule has 0 spiro atoms. The summed E-state index contributed by atoms with van der Waals surface area (Å²) < 4.78 is 30.1. The van der Waals surface area contributed by atoms with Crippen molar-refractivity contribution in [2.45, 2.75) is 30.3 Å². The maximum atomic E-state index is 12.4. The maximum Gasteiger partial charge on any atom is 0.179 e. The van der Waals surface area contributed by atoms with Gasteiger partial charge in [0.05, 0.1) is 10.6 Å². The van der Waals surface area contributed by atoms with Gasteiger partial charge in [0.15, 0.2) is 9.84 Å². The van der Waals surface area contributed by atoms with Gasteiger partial charge in [-0.3, -0.25) is 0 Å². The molecule has 0 atom stereocenters. The molecule has 21 heavy (non-hydrogen) atoms. The lowest BCUT2D eigenvalue weighted by atomic mass is 10.1. The van der Waals surface area contributed by atoms with Crippen LogP contribution in [0.15, 0.2) is 29.2 Å². The van der Waals surface area contributed by atoms with Gasteiger partial charge in [-0.15, -0.1) is 0 Å². The average Bonchev–Trinajstić information content (AvgIpc) is 2.53. The van der Waals surface area contributed by atoms with Crippen LogP contribution in [-0.2, 0) is 21.1 Å². The zero-order valence-corrected chi connectivity index (χ0v) is 13.3. The zero-order valence-electron chi connectivity index (χ0n) is 12.5. The molecule has 0 radical (unpaired) electrons. The highest BCUT2D eigenvalue weighted by Crippen LogP contribution is 2.16. The van der Waals surface area contributed by atoms with Crippen LogP contribution in [0, 0.1) is 0 Å². The van der Waals surface area contributed by atoms with Crippen LogP contribution in [0.4, 0.5) is 0 Å². The number of nitrogens with two attached hydrogens (primary N) is 1. The lowest BCUT2D eigenvalue weighted by Crippen LogP contribution is -2.39. The number of sulfone groups is 1. The standard InChI is InChI=1S/C15H24N2O3S/c1-17(14-5-8-20-9-6-14)7-10-21(18,19)15-4-2-3-13(11-15)12-16/h2-4,11,14H,5-10,12,16H2,1H3. The topological polar surface area (TPSA) is 72.6 Å². The summed E-state index contributed by atoms with van der Waals surface area (Å²) in [6, 6.07) is 7.32. The Kier molecular flexibility index (Phi) is 5.75. The van der Waals surface area contributed by atoms with E-state index in [1.807, 2.05) is 13.1 Å². The van der Waals surface area contributed by atoms with E-state index in [4.69, 9.17) is 10.5 Å². The monoisotopic (exact) mass is 312 g/mol. The number of benzene rings is 1. The Bertz CT molecular complexity index is 554. The third-order valence-corrected chi connectivity index (χ3v) is 5.71. The molecule has 5 nitrogen and oxygen atoms in total. The quantitative estimate of drug-likeness (QED) is 0.849. The molecule has 0 bridgehead atoms. The van der Waals surface area contributed by atoms with Crippen LogP contribution >= 0.6 is 0 Å². The Morgan fingerprint density at radius 3 is 2.71 bits per heavy atom. The normalized spacial score (nSPS) is 17.3. The molecule has 2 N–H and O–H groups in total. The van der Waals surface area contributed by atoms with Gasteiger partial charge in [-0.1, -0.05) is 12.1 Å². The molecule has 1 heterocycles. The second-order valence-corrected chi connectivity index (χ2v) is 7.60. The number of hydrogen-bond donors (Lipinski definition) is 1. The second-order valence-electron chi connectivity index (χ2n) is 5.49. The van der Waals surface area contributed by atoms with Gasteiger partial charge >= 0.3 is 0 Å². The third-order valence-electron chi connectivity index (χ3n) is 4.02. The Labute approximate surface area is 127 Å². The molecule has 0 unspecified atom stereocenters. The molecular weight excluding hydrogens is 288 g/mol. The van der Waals surface area contributed by atoms with Crippen LogP contribution in [0.1, 0.15) is 18.4 Å². The van der Waals surface area contributed by atoms with Crippen LogP contribution in [0.2, 0.25) is 0 Å². The first kappa shape index (κ1) is 16.4. The van der Waals surface area contributed by atoms with Gasteiger partial charge in [-0.25, -0.2) is 8.42 Å². The fraction of sp³-hybridized carbons (Fsp3) is 0.600. The van der Waals surface area contributed by atoms with Gasteiger partial charge in [-0.2, -0.15) is 0 Å². The van der Waals surface area contributed by atoms with Crippen molar-refractivity contribution in [3.8, 4) is 0 Å². The van der Waals surface area contributed by atoms with Crippen LogP contribution in [0.5, 0.6) is 0 Å². The molecule has 0 aromatic heterocycles. The van der Waals surface area contributed by atoms with Gasteiger partial charge in [0.1, 0.15) is 0 Å². The molecule has 1 aromatic carbocycles. The van der Waals surface area contributed by atoms with Crippen molar-refractivity contribution in [1.82, 2.24) is 4.90 Å². The van der Waals surface area contributed by atoms with E-state index in [2.05, 4.69) is 4.90 Å². The summed E-state index contributed by atoms with van der Waals surface area (Å²) in [7, 11) is -1.27. The molecule has 118 valence electrons. The lowest BCUT2D eigenvalue weighted by Gasteiger charge is -2.31. The predicted molar refractivity (Wildman–Crippen MR) is 82.9 cm³/mol. The lowest BCUT2D eigenvalue weighted by molar-refractivity contribution is 0.0449. The van der Waals surface area contributed by atoms with E-state index in [9.17, 15) is 8.42 Å². The van der Waals surface area contributed by atoms with Gasteiger partial charge in [-0.05, 0) is 37.6 Å². The number of nitrogens with zero attached hydrogens (tertiary/aromatic N) is 1. The summed E-state index contributed by atoms with van der Waals surface area (Å²) in [4.78, 5) is 2.50. The second kappa shape index (κ2) is 7.35. The first-order valence-corrected chi connectivity index (χ1v) is 8.98. The predicted octanol–water partition coefficient (Wildman–Crippen LogP) is 1.03. The van der Waals surface area contributed by atoms with Crippen molar-refractivity contribution in [2.75, 3.05) is 32.6 Å². The van der Waals surface area contributed by atoms with Crippen molar-refractivity contribution < 1.29 is 13.2 Å². The molecule has 1 saturated heterocycles. The molecule has 1 aliphatic heterocycles. The molecule has 0 amide bonds. The molecule has 2 rings (SSSR count). The third kappa shape index (κ3) is 4.51. The highest BCUT2D eigenvalue weighted by atomic mass is 32.2. The van der Waals surface area contributed by atoms with E-state index in [0.29, 0.717) is 24.0 Å². The maximum absolute atomic E-state index is 12.4. The number of hydrogen-bond acceptors (Lipinski definition) is 5. The van der Waals surface area contributed by atoms with Crippen molar-refractivity contribution >= 4 is 9.84 Å². The molecule has 1 fully saturated rings. The van der Waals surface area contributed by atoms with E-state index >= 15 is 0 Å². The van der Waals surface area contributed by atoms with E-state index in [1.54, 1.807) is 18.2 Å². The Morgan fingerprint density at radius 2 is 2.05 bits per heavy atom. The van der Waals surface area contributed by atoms with E-state index < -0.39 is 9.84 Å². The minimum atomic E-state index is -3.26. The molecule has 0 saturated carbocycles. The Hall–Kier alpha value is -0.950. The largest absolute Gasteiger partial charge is 0.381 e. The van der Waals surface area contributed by atoms with Crippen molar-refractivity contribution in [2.24, 2.45) is 5.73 Å². The van der Waals surface area contributed by atoms with Gasteiger partial charge in [0.2, 0.25) is 0 Å². The number of rotatable bonds is 6. The molecule has 1 aliphatic rings. The molecule has 1 aromatic rings. The zero-order chi connectivity index (χ0) is 15.3. The number of ether oxygens (including phenoxy) is 1. The van der Waals surface area contributed by atoms with Crippen molar-refractivity contribution in [1.29, 1.82) is 0 Å². The fourth-order valence-corrected chi connectivity index (χ4v) is 3.94. The SMILES string of the molecule is CN(CCS(=O)(=O)c1cccc(CN)c1)C1CCOCC1. The van der Waals surface area contributed by atoms with E-state index in [-0.39, 0.29) is 5.75 Å². The van der Waals surface area contributed by atoms with Crippen molar-refractivity contribution in [3.63, 3.8) is 0 Å². The smallest absolute Gasteiger partial charge is 0.179 e. The summed E-state index contributed by atoms with van der Waals surface area (Å²) in [5.74, 6) is 0.134. The minimum Gasteiger partial charge on any atom is -0.381 e. The molecule has 0 aliphatic carbocycles. The van der Waals surface area contributed by atoms with E-state index in [1.165, 1.54) is 0 Å². The van der Waals surface area contributed by atoms with Gasteiger partial charge < -0.3 is 15.4 Å². The Balaban J connectivity index is 1.96. The Morgan fingerprint density at radius 1 is 1.33 bits per heavy atom.